The van der Waals surface area contributed by atoms with Gasteiger partial charge in [0.1, 0.15) is 18.7 Å². The van der Waals surface area contributed by atoms with E-state index in [1.165, 1.54) is 28.9 Å². The first-order valence-electron chi connectivity index (χ1n) is 8.47. The van der Waals surface area contributed by atoms with Gasteiger partial charge >= 0.3 is 5.69 Å². The van der Waals surface area contributed by atoms with E-state index < -0.39 is 11.5 Å². The molecule has 2 aromatic carbocycles. The summed E-state index contributed by atoms with van der Waals surface area (Å²) in [6, 6.07) is 11.6. The lowest BCUT2D eigenvalue weighted by Crippen LogP contribution is -2.28. The molecule has 1 amide bonds. The number of rotatable bonds is 4. The highest BCUT2D eigenvalue weighted by Crippen LogP contribution is 2.16. The zero-order chi connectivity index (χ0) is 19.0. The fourth-order valence-electron chi connectivity index (χ4n) is 2.94. The highest BCUT2D eigenvalue weighted by molar-refractivity contribution is 5.92. The molecule has 0 spiro atoms. The number of carbonyl (C=O) groups is 1. The molecular formula is C19H16FN5O2. The van der Waals surface area contributed by atoms with Gasteiger partial charge in [-0.05, 0) is 36.2 Å². The average Bonchev–Trinajstić information content (AvgIpc) is 2.97. The van der Waals surface area contributed by atoms with E-state index in [9.17, 15) is 14.0 Å². The maximum Gasteiger partial charge on any atom is 0.352 e. The number of hydrogen-bond acceptors (Lipinski definition) is 4. The van der Waals surface area contributed by atoms with E-state index in [1.54, 1.807) is 6.07 Å². The van der Waals surface area contributed by atoms with Crippen LogP contribution in [0.3, 0.4) is 0 Å². The number of nitrogens with one attached hydrogen (secondary N) is 1. The number of halogens is 1. The molecule has 0 aliphatic rings. The van der Waals surface area contributed by atoms with Gasteiger partial charge in [0.2, 0.25) is 5.91 Å². The van der Waals surface area contributed by atoms with Crippen molar-refractivity contribution in [3.05, 3.63) is 70.7 Å². The van der Waals surface area contributed by atoms with Gasteiger partial charge in [-0.1, -0.05) is 19.1 Å². The Morgan fingerprint density at radius 1 is 1.22 bits per heavy atom. The van der Waals surface area contributed by atoms with Crippen molar-refractivity contribution in [3.63, 3.8) is 0 Å². The molecule has 0 saturated carbocycles. The Balaban J connectivity index is 1.65. The van der Waals surface area contributed by atoms with Crippen molar-refractivity contribution in [1.29, 1.82) is 0 Å². The van der Waals surface area contributed by atoms with Crippen molar-refractivity contribution in [2.75, 3.05) is 5.32 Å². The number of aromatic nitrogens is 4. The standard InChI is InChI=1S/C19H16FN5O2/c1-2-12-4-3-5-14(8-12)22-17(26)10-25-19(27)24-11-21-16-9-13(20)6-7-15(16)18(24)23-25/h3-9,11H,2,10H2,1H3,(H,22,26). The molecule has 7 nitrogen and oxygen atoms in total. The van der Waals surface area contributed by atoms with E-state index >= 15 is 0 Å². The van der Waals surface area contributed by atoms with Crippen LogP contribution in [0.25, 0.3) is 16.6 Å². The van der Waals surface area contributed by atoms with Crippen molar-refractivity contribution >= 4 is 28.1 Å². The third kappa shape index (κ3) is 3.17. The third-order valence-electron chi connectivity index (χ3n) is 4.30. The SMILES string of the molecule is CCc1cccc(NC(=O)Cn2nc3c4ccc(F)cc4ncn3c2=O)c1. The van der Waals surface area contributed by atoms with Crippen molar-refractivity contribution in [3.8, 4) is 0 Å². The summed E-state index contributed by atoms with van der Waals surface area (Å²) in [5, 5.41) is 7.53. The Morgan fingerprint density at radius 3 is 2.89 bits per heavy atom. The van der Waals surface area contributed by atoms with E-state index in [2.05, 4.69) is 15.4 Å². The molecule has 0 radical (unpaired) electrons. The van der Waals surface area contributed by atoms with Crippen LogP contribution in [-0.4, -0.2) is 25.1 Å². The van der Waals surface area contributed by atoms with E-state index in [4.69, 9.17) is 0 Å². The second-order valence-electron chi connectivity index (χ2n) is 6.14. The summed E-state index contributed by atoms with van der Waals surface area (Å²) in [6.45, 7) is 1.79. The zero-order valence-corrected chi connectivity index (χ0v) is 14.5. The van der Waals surface area contributed by atoms with Crippen LogP contribution in [0.15, 0.2) is 53.6 Å². The second kappa shape index (κ2) is 6.64. The lowest BCUT2D eigenvalue weighted by molar-refractivity contribution is -0.117. The van der Waals surface area contributed by atoms with Crippen LogP contribution < -0.4 is 11.0 Å². The number of anilines is 1. The quantitative estimate of drug-likeness (QED) is 0.602. The Bertz CT molecular complexity index is 1230. The smallest absolute Gasteiger partial charge is 0.324 e. The predicted octanol–water partition coefficient (Wildman–Crippen LogP) is 2.38. The van der Waals surface area contributed by atoms with Gasteiger partial charge in [0, 0.05) is 17.1 Å². The minimum Gasteiger partial charge on any atom is -0.324 e. The Hall–Kier alpha value is -3.55. The van der Waals surface area contributed by atoms with Gasteiger partial charge in [0.15, 0.2) is 5.65 Å². The van der Waals surface area contributed by atoms with Crippen LogP contribution in [0, 0.1) is 5.82 Å². The summed E-state index contributed by atoms with van der Waals surface area (Å²) in [7, 11) is 0. The van der Waals surface area contributed by atoms with Gasteiger partial charge in [-0.25, -0.2) is 23.3 Å². The first-order valence-corrected chi connectivity index (χ1v) is 8.47. The third-order valence-corrected chi connectivity index (χ3v) is 4.30. The molecule has 0 fully saturated rings. The van der Waals surface area contributed by atoms with E-state index in [-0.39, 0.29) is 12.5 Å². The summed E-state index contributed by atoms with van der Waals surface area (Å²) in [6.07, 6.45) is 2.14. The highest BCUT2D eigenvalue weighted by Gasteiger charge is 2.14. The molecule has 2 heterocycles. The van der Waals surface area contributed by atoms with Crippen LogP contribution in [0.1, 0.15) is 12.5 Å². The Morgan fingerprint density at radius 2 is 2.07 bits per heavy atom. The van der Waals surface area contributed by atoms with Gasteiger partial charge in [-0.15, -0.1) is 5.10 Å². The van der Waals surface area contributed by atoms with Gasteiger partial charge in [0.05, 0.1) is 5.52 Å². The van der Waals surface area contributed by atoms with E-state index in [0.717, 1.165) is 16.7 Å². The molecule has 0 aliphatic heterocycles. The maximum atomic E-state index is 13.4. The van der Waals surface area contributed by atoms with Crippen LogP contribution >= 0.6 is 0 Å². The minimum atomic E-state index is -0.485. The van der Waals surface area contributed by atoms with E-state index in [1.807, 2.05) is 25.1 Å². The number of aryl methyl sites for hydroxylation is 1. The molecule has 136 valence electrons. The number of hydrogen-bond donors (Lipinski definition) is 1. The van der Waals surface area contributed by atoms with Gasteiger partial charge in [-0.2, -0.15) is 0 Å². The first kappa shape index (κ1) is 16.9. The van der Waals surface area contributed by atoms with Gasteiger partial charge in [0.25, 0.3) is 0 Å². The molecule has 1 N–H and O–H groups in total. The average molecular weight is 365 g/mol. The van der Waals surface area contributed by atoms with Crippen LogP contribution in [0.4, 0.5) is 10.1 Å². The number of amides is 1. The lowest BCUT2D eigenvalue weighted by atomic mass is 10.1. The van der Waals surface area contributed by atoms with Gasteiger partial charge < -0.3 is 5.32 Å². The lowest BCUT2D eigenvalue weighted by Gasteiger charge is -2.06. The predicted molar refractivity (Wildman–Crippen MR) is 99.2 cm³/mol. The van der Waals surface area contributed by atoms with Crippen molar-refractivity contribution in [2.45, 2.75) is 19.9 Å². The summed E-state index contributed by atoms with van der Waals surface area (Å²) >= 11 is 0. The Labute approximate surface area is 153 Å². The molecule has 4 aromatic rings. The molecule has 8 heteroatoms. The highest BCUT2D eigenvalue weighted by atomic mass is 19.1. The fourth-order valence-corrected chi connectivity index (χ4v) is 2.94. The van der Waals surface area contributed by atoms with Crippen molar-refractivity contribution < 1.29 is 9.18 Å². The van der Waals surface area contributed by atoms with Crippen LogP contribution in [-0.2, 0) is 17.8 Å². The summed E-state index contributed by atoms with van der Waals surface area (Å²) in [5.41, 5.74) is 1.99. The van der Waals surface area contributed by atoms with Crippen molar-refractivity contribution in [1.82, 2.24) is 19.2 Å². The first-order chi connectivity index (χ1) is 13.0. The topological polar surface area (TPSA) is 81.3 Å². The minimum absolute atomic E-state index is 0.237. The molecule has 0 aliphatic carbocycles. The summed E-state index contributed by atoms with van der Waals surface area (Å²) in [5.74, 6) is -0.785. The molecular weight excluding hydrogens is 349 g/mol. The second-order valence-corrected chi connectivity index (χ2v) is 6.14. The monoisotopic (exact) mass is 365 g/mol. The van der Waals surface area contributed by atoms with Crippen molar-refractivity contribution in [2.24, 2.45) is 0 Å². The van der Waals surface area contributed by atoms with Crippen LogP contribution in [0.2, 0.25) is 0 Å². The van der Waals surface area contributed by atoms with Crippen LogP contribution in [0.5, 0.6) is 0 Å². The molecule has 0 saturated heterocycles. The summed E-state index contributed by atoms with van der Waals surface area (Å²) < 4.78 is 15.7. The number of fused-ring (bicyclic) bond motifs is 3. The summed E-state index contributed by atoms with van der Waals surface area (Å²) in [4.78, 5) is 28.9. The molecule has 4 rings (SSSR count). The molecule has 2 aromatic heterocycles. The largest absolute Gasteiger partial charge is 0.352 e. The van der Waals surface area contributed by atoms with Gasteiger partial charge in [-0.3, -0.25) is 4.79 Å². The maximum absolute atomic E-state index is 13.4. The molecule has 0 unspecified atom stereocenters. The number of nitrogens with zero attached hydrogens (tertiary/aromatic N) is 4. The Kier molecular flexibility index (Phi) is 4.15. The number of benzene rings is 2. The fraction of sp³-hybridized carbons (Fsp3) is 0.158. The molecule has 0 bridgehead atoms. The van der Waals surface area contributed by atoms with E-state index in [0.29, 0.717) is 22.2 Å². The zero-order valence-electron chi connectivity index (χ0n) is 14.5. The molecule has 0 atom stereocenters. The molecule has 27 heavy (non-hydrogen) atoms. The normalized spacial score (nSPS) is 11.2. The number of carbonyl (C=O) groups excluding carboxylic acids is 1.